The molecule has 2 aromatic rings. The number of methoxy groups -OCH3 is 2. The average Bonchev–Trinajstić information content (AvgIpc) is 2.61. The summed E-state index contributed by atoms with van der Waals surface area (Å²) in [5.41, 5.74) is 3.15. The Morgan fingerprint density at radius 2 is 1.54 bits per heavy atom. The minimum atomic E-state index is 0.531. The smallest absolute Gasteiger partial charge is 0.175 e. The van der Waals surface area contributed by atoms with Crippen LogP contribution in [-0.4, -0.2) is 19.3 Å². The normalized spacial score (nSPS) is 10.1. The van der Waals surface area contributed by atoms with Crippen molar-refractivity contribution in [1.82, 2.24) is 0 Å². The van der Waals surface area contributed by atoms with Crippen LogP contribution < -0.4 is 20.1 Å². The summed E-state index contributed by atoms with van der Waals surface area (Å²) in [5.74, 6) is 1.34. The van der Waals surface area contributed by atoms with Gasteiger partial charge in [0.25, 0.3) is 0 Å². The van der Waals surface area contributed by atoms with Gasteiger partial charge in [0.15, 0.2) is 16.6 Å². The molecule has 5 heteroatoms. The monoisotopic (exact) mass is 344 g/mol. The molecule has 0 aliphatic carbocycles. The lowest BCUT2D eigenvalue weighted by Gasteiger charge is -2.13. The topological polar surface area (TPSA) is 42.5 Å². The van der Waals surface area contributed by atoms with E-state index < -0.39 is 0 Å². The molecule has 0 aliphatic rings. The summed E-state index contributed by atoms with van der Waals surface area (Å²) in [6, 6.07) is 13.9. The summed E-state index contributed by atoms with van der Waals surface area (Å²) < 4.78 is 10.5. The van der Waals surface area contributed by atoms with Crippen LogP contribution in [0, 0.1) is 0 Å². The lowest BCUT2D eigenvalue weighted by molar-refractivity contribution is 0.355. The van der Waals surface area contributed by atoms with E-state index in [1.54, 1.807) is 14.2 Å². The zero-order valence-electron chi connectivity index (χ0n) is 14.4. The Labute approximate surface area is 149 Å². The molecule has 24 heavy (non-hydrogen) atoms. The van der Waals surface area contributed by atoms with Gasteiger partial charge in [0.05, 0.1) is 14.2 Å². The maximum atomic E-state index is 5.37. The van der Waals surface area contributed by atoms with Gasteiger partial charge in [-0.2, -0.15) is 0 Å². The van der Waals surface area contributed by atoms with Crippen LogP contribution in [0.4, 0.5) is 11.4 Å². The highest BCUT2D eigenvalue weighted by molar-refractivity contribution is 7.80. The summed E-state index contributed by atoms with van der Waals surface area (Å²) in [6.07, 6.45) is 3.54. The Bertz CT molecular complexity index is 672. The fourth-order valence-corrected chi connectivity index (χ4v) is 2.58. The van der Waals surface area contributed by atoms with Crippen LogP contribution in [0.25, 0.3) is 0 Å². The highest BCUT2D eigenvalue weighted by atomic mass is 32.1. The largest absolute Gasteiger partial charge is 0.493 e. The Kier molecular flexibility index (Phi) is 6.88. The van der Waals surface area contributed by atoms with Crippen LogP contribution in [0.15, 0.2) is 42.5 Å². The molecule has 0 unspecified atom stereocenters. The molecule has 0 radical (unpaired) electrons. The van der Waals surface area contributed by atoms with Crippen LogP contribution in [-0.2, 0) is 6.42 Å². The highest BCUT2D eigenvalue weighted by Gasteiger charge is 2.06. The molecule has 4 nitrogen and oxygen atoms in total. The maximum absolute atomic E-state index is 5.37. The van der Waals surface area contributed by atoms with Crippen LogP contribution in [0.3, 0.4) is 0 Å². The lowest BCUT2D eigenvalue weighted by Crippen LogP contribution is -2.19. The number of anilines is 2. The van der Waals surface area contributed by atoms with Gasteiger partial charge >= 0.3 is 0 Å². The molecule has 2 N–H and O–H groups in total. The fourth-order valence-electron chi connectivity index (χ4n) is 2.34. The van der Waals surface area contributed by atoms with Crippen molar-refractivity contribution < 1.29 is 9.47 Å². The molecule has 2 aromatic carbocycles. The van der Waals surface area contributed by atoms with Gasteiger partial charge in [-0.25, -0.2) is 0 Å². The predicted molar refractivity (Wildman–Crippen MR) is 104 cm³/mol. The van der Waals surface area contributed by atoms with Crippen molar-refractivity contribution in [3.63, 3.8) is 0 Å². The second kappa shape index (κ2) is 9.13. The zero-order chi connectivity index (χ0) is 17.4. The number of hydrogen-bond donors (Lipinski definition) is 2. The molecule has 0 amide bonds. The summed E-state index contributed by atoms with van der Waals surface area (Å²) in [4.78, 5) is 0. The first-order valence-corrected chi connectivity index (χ1v) is 8.46. The fraction of sp³-hybridized carbons (Fsp3) is 0.316. The quantitative estimate of drug-likeness (QED) is 0.703. The van der Waals surface area contributed by atoms with E-state index in [2.05, 4.69) is 29.7 Å². The lowest BCUT2D eigenvalue weighted by atomic mass is 10.1. The minimum Gasteiger partial charge on any atom is -0.493 e. The van der Waals surface area contributed by atoms with Gasteiger partial charge in [0.1, 0.15) is 0 Å². The third-order valence-electron chi connectivity index (χ3n) is 3.67. The standard InChI is InChI=1S/C19H24N2O2S/c1-4-5-6-14-7-9-15(10-8-14)20-19(24)21-16-11-12-17(22-2)18(13-16)23-3/h7-13H,4-6H2,1-3H3,(H2,20,21,24). The number of rotatable bonds is 7. The van der Waals surface area contributed by atoms with E-state index >= 15 is 0 Å². The number of hydrogen-bond acceptors (Lipinski definition) is 3. The average molecular weight is 344 g/mol. The van der Waals surface area contributed by atoms with E-state index in [-0.39, 0.29) is 0 Å². The van der Waals surface area contributed by atoms with Gasteiger partial charge in [-0.05, 0) is 54.9 Å². The van der Waals surface area contributed by atoms with E-state index in [0.717, 1.165) is 17.8 Å². The first-order chi connectivity index (χ1) is 11.7. The number of benzene rings is 2. The summed E-state index contributed by atoms with van der Waals surface area (Å²) >= 11 is 5.37. The van der Waals surface area contributed by atoms with Crippen LogP contribution in [0.1, 0.15) is 25.3 Å². The zero-order valence-corrected chi connectivity index (χ0v) is 15.2. The Hall–Kier alpha value is -2.27. The molecule has 0 fully saturated rings. The number of nitrogens with one attached hydrogen (secondary N) is 2. The van der Waals surface area contributed by atoms with Crippen LogP contribution in [0.2, 0.25) is 0 Å². The van der Waals surface area contributed by atoms with Crippen molar-refractivity contribution in [2.45, 2.75) is 26.2 Å². The third kappa shape index (κ3) is 5.13. The van der Waals surface area contributed by atoms with Gasteiger partial charge in [-0.1, -0.05) is 25.5 Å². The molecule has 0 saturated carbocycles. The van der Waals surface area contributed by atoms with E-state index in [0.29, 0.717) is 16.6 Å². The van der Waals surface area contributed by atoms with Crippen LogP contribution >= 0.6 is 12.2 Å². The predicted octanol–water partition coefficient (Wildman–Crippen LogP) is 4.86. The van der Waals surface area contributed by atoms with E-state index in [9.17, 15) is 0 Å². The summed E-state index contributed by atoms with van der Waals surface area (Å²) in [6.45, 7) is 2.20. The first-order valence-electron chi connectivity index (χ1n) is 8.05. The third-order valence-corrected chi connectivity index (χ3v) is 3.88. The van der Waals surface area contributed by atoms with Crippen molar-refractivity contribution >= 4 is 28.7 Å². The highest BCUT2D eigenvalue weighted by Crippen LogP contribution is 2.29. The van der Waals surface area contributed by atoms with E-state index in [1.807, 2.05) is 30.3 Å². The number of ether oxygens (including phenoxy) is 2. The van der Waals surface area contributed by atoms with Gasteiger partial charge in [-0.15, -0.1) is 0 Å². The molecule has 0 saturated heterocycles. The molecular weight excluding hydrogens is 320 g/mol. The van der Waals surface area contributed by atoms with Crippen LogP contribution in [0.5, 0.6) is 11.5 Å². The molecule has 0 heterocycles. The Morgan fingerprint density at radius 1 is 0.917 bits per heavy atom. The molecular formula is C19H24N2O2S. The second-order valence-corrected chi connectivity index (χ2v) is 5.86. The van der Waals surface area contributed by atoms with E-state index in [4.69, 9.17) is 21.7 Å². The van der Waals surface area contributed by atoms with Gasteiger partial charge in [-0.3, -0.25) is 0 Å². The molecule has 0 aliphatic heterocycles. The SMILES string of the molecule is CCCCc1ccc(NC(=S)Nc2ccc(OC)c(OC)c2)cc1. The Balaban J connectivity index is 1.95. The van der Waals surface area contributed by atoms with Crippen molar-refractivity contribution in [1.29, 1.82) is 0 Å². The van der Waals surface area contributed by atoms with Gasteiger partial charge in [0, 0.05) is 17.4 Å². The summed E-state index contributed by atoms with van der Waals surface area (Å²) in [5, 5.41) is 6.87. The number of aryl methyl sites for hydroxylation is 1. The van der Waals surface area contributed by atoms with Crippen molar-refractivity contribution in [3.8, 4) is 11.5 Å². The van der Waals surface area contributed by atoms with Gasteiger partial charge in [0.2, 0.25) is 0 Å². The van der Waals surface area contributed by atoms with E-state index in [1.165, 1.54) is 18.4 Å². The Morgan fingerprint density at radius 3 is 2.17 bits per heavy atom. The number of unbranched alkanes of at least 4 members (excludes halogenated alkanes) is 1. The molecule has 2 rings (SSSR count). The molecule has 0 spiro atoms. The van der Waals surface area contributed by atoms with Crippen molar-refractivity contribution in [2.24, 2.45) is 0 Å². The summed E-state index contributed by atoms with van der Waals surface area (Å²) in [7, 11) is 3.22. The minimum absolute atomic E-state index is 0.531. The second-order valence-electron chi connectivity index (χ2n) is 5.45. The van der Waals surface area contributed by atoms with Gasteiger partial charge < -0.3 is 20.1 Å². The first kappa shape index (κ1) is 18.1. The molecule has 0 aromatic heterocycles. The molecule has 128 valence electrons. The van der Waals surface area contributed by atoms with Crippen molar-refractivity contribution in [3.05, 3.63) is 48.0 Å². The number of thiocarbonyl (C=S) groups is 1. The molecule has 0 atom stereocenters. The maximum Gasteiger partial charge on any atom is 0.175 e. The van der Waals surface area contributed by atoms with Crippen molar-refractivity contribution in [2.75, 3.05) is 24.9 Å². The molecule has 0 bridgehead atoms.